The third kappa shape index (κ3) is 32.6. The molecule has 0 atom stereocenters. The van der Waals surface area contributed by atoms with Crippen molar-refractivity contribution >= 4 is 29.6 Å². The molecule has 0 aromatic carbocycles. The van der Waals surface area contributed by atoms with Crippen molar-refractivity contribution in [3.63, 3.8) is 0 Å². The Labute approximate surface area is 285 Å². The van der Waals surface area contributed by atoms with Gasteiger partial charge < -0.3 is 43.8 Å². The van der Waals surface area contributed by atoms with Crippen LogP contribution in [0, 0.1) is 0 Å². The van der Waals surface area contributed by atoms with Crippen LogP contribution in [0.25, 0.3) is 0 Å². The number of amides is 3. The highest BCUT2D eigenvalue weighted by Gasteiger charge is 2.14. The Morgan fingerprint density at radius 2 is 0.936 bits per heavy atom. The normalized spacial score (nSPS) is 10.7. The van der Waals surface area contributed by atoms with Gasteiger partial charge in [0.2, 0.25) is 17.7 Å². The predicted molar refractivity (Wildman–Crippen MR) is 195 cm³/mol. The van der Waals surface area contributed by atoms with E-state index in [0.29, 0.717) is 58.5 Å². The number of unbranched alkanes of at least 4 members (excludes halogenated alkanes) is 12. The molecule has 0 aliphatic carbocycles. The second-order valence-electron chi connectivity index (χ2n) is 12.4. The third-order valence-electron chi connectivity index (χ3n) is 7.89. The van der Waals surface area contributed by atoms with Crippen molar-refractivity contribution in [3.05, 3.63) is 0 Å². The molecule has 0 radical (unpaired) electrons. The number of aliphatic imine (C=N–C) groups is 2. The molecule has 0 aliphatic heterocycles. The van der Waals surface area contributed by atoms with E-state index in [1.165, 1.54) is 70.6 Å². The lowest BCUT2D eigenvalue weighted by Gasteiger charge is -2.22. The van der Waals surface area contributed by atoms with Gasteiger partial charge >= 0.3 is 0 Å². The number of nitrogens with zero attached hydrogens (tertiary/aromatic N) is 3. The fraction of sp³-hybridized carbons (Fsp3) is 0.853. The van der Waals surface area contributed by atoms with Crippen molar-refractivity contribution in [3.8, 4) is 0 Å². The lowest BCUT2D eigenvalue weighted by molar-refractivity contribution is -0.133. The first-order chi connectivity index (χ1) is 22.8. The molecule has 11 N–H and O–H groups in total. The van der Waals surface area contributed by atoms with E-state index in [2.05, 4.69) is 32.9 Å². The summed E-state index contributed by atoms with van der Waals surface area (Å²) in [6.45, 7) is 6.85. The molecule has 274 valence electrons. The maximum absolute atomic E-state index is 12.7. The summed E-state index contributed by atoms with van der Waals surface area (Å²) in [4.78, 5) is 46.7. The number of carbonyl (C=O) groups excluding carboxylic acids is 3. The zero-order valence-corrected chi connectivity index (χ0v) is 29.7. The first kappa shape index (κ1) is 43.9. The molecule has 47 heavy (non-hydrogen) atoms. The summed E-state index contributed by atoms with van der Waals surface area (Å²) in [6.07, 6.45) is 20.7. The molecule has 0 spiro atoms. The molecular weight excluding hydrogens is 596 g/mol. The monoisotopic (exact) mass is 667 g/mol. The van der Waals surface area contributed by atoms with Crippen molar-refractivity contribution in [1.82, 2.24) is 20.9 Å². The second-order valence-corrected chi connectivity index (χ2v) is 12.4. The van der Waals surface area contributed by atoms with E-state index in [1.54, 1.807) is 4.90 Å². The summed E-state index contributed by atoms with van der Waals surface area (Å²) in [7, 11) is 0. The summed E-state index contributed by atoms with van der Waals surface area (Å²) in [5.41, 5.74) is 21.5. The zero-order chi connectivity index (χ0) is 34.8. The fourth-order valence-electron chi connectivity index (χ4n) is 5.17. The smallest absolute Gasteiger partial charge is 0.223 e. The quantitative estimate of drug-likeness (QED) is 0.0313. The number of carbonyl (C=O) groups is 3. The molecule has 0 rings (SSSR count). The Kier molecular flexibility index (Phi) is 30.7. The number of hydrogen-bond acceptors (Lipinski definition) is 6. The maximum atomic E-state index is 12.7. The van der Waals surface area contributed by atoms with Gasteiger partial charge in [-0.1, -0.05) is 84.0 Å². The van der Waals surface area contributed by atoms with Crippen LogP contribution in [0.15, 0.2) is 9.98 Å². The van der Waals surface area contributed by atoms with Gasteiger partial charge in [-0.25, -0.2) is 0 Å². The van der Waals surface area contributed by atoms with Gasteiger partial charge in [-0.15, -0.1) is 0 Å². The van der Waals surface area contributed by atoms with Gasteiger partial charge in [0, 0.05) is 58.5 Å². The van der Waals surface area contributed by atoms with Gasteiger partial charge in [-0.2, -0.15) is 0 Å². The Bertz CT molecular complexity index is 822. The lowest BCUT2D eigenvalue weighted by Crippen LogP contribution is -2.35. The van der Waals surface area contributed by atoms with Gasteiger partial charge in [0.1, 0.15) is 0 Å². The van der Waals surface area contributed by atoms with E-state index < -0.39 is 0 Å². The minimum absolute atomic E-state index is 0.0154. The Balaban J connectivity index is 3.75. The number of guanidine groups is 2. The van der Waals surface area contributed by atoms with Gasteiger partial charge in [0.25, 0.3) is 0 Å². The molecule has 0 saturated carbocycles. The second kappa shape index (κ2) is 32.8. The zero-order valence-electron chi connectivity index (χ0n) is 29.7. The van der Waals surface area contributed by atoms with Gasteiger partial charge in [0.05, 0.1) is 0 Å². The standard InChI is InChI=1S/C34H70N10O3/c1-2-3-4-5-6-7-8-9-10-11-12-13-14-19-30(45)40-24-15-22-39-23-16-25-41-31(46)20-21-32(47)44(28-17-26-42-33(35)36)29-18-27-43-34(37)38/h39H,2-29H2,1H3,(H,40,45)(H,41,46)(H4,35,36,42)(H4,37,38,43). The van der Waals surface area contributed by atoms with Crippen LogP contribution in [0.5, 0.6) is 0 Å². The molecule has 13 nitrogen and oxygen atoms in total. The molecule has 0 fully saturated rings. The molecule has 0 aromatic heterocycles. The van der Waals surface area contributed by atoms with E-state index in [4.69, 9.17) is 22.9 Å². The summed E-state index contributed by atoms with van der Waals surface area (Å²) in [6, 6.07) is 0. The third-order valence-corrected chi connectivity index (χ3v) is 7.89. The summed E-state index contributed by atoms with van der Waals surface area (Å²) in [5.74, 6) is -0.0735. The molecule has 0 heterocycles. The van der Waals surface area contributed by atoms with Crippen molar-refractivity contribution in [2.75, 3.05) is 52.4 Å². The van der Waals surface area contributed by atoms with Crippen LogP contribution >= 0.6 is 0 Å². The molecule has 0 bridgehead atoms. The highest BCUT2D eigenvalue weighted by atomic mass is 16.2. The molecule has 3 amide bonds. The van der Waals surface area contributed by atoms with Crippen molar-refractivity contribution in [2.45, 2.75) is 135 Å². The average Bonchev–Trinajstić information content (AvgIpc) is 3.03. The van der Waals surface area contributed by atoms with Crippen LogP contribution in [0.1, 0.15) is 135 Å². The van der Waals surface area contributed by atoms with Gasteiger partial charge in [0.15, 0.2) is 11.9 Å². The van der Waals surface area contributed by atoms with E-state index in [1.807, 2.05) is 0 Å². The predicted octanol–water partition coefficient (Wildman–Crippen LogP) is 3.01. The maximum Gasteiger partial charge on any atom is 0.223 e. The minimum atomic E-state index is -0.148. The topological polar surface area (TPSA) is 219 Å². The number of nitrogens with two attached hydrogens (primary N) is 4. The van der Waals surface area contributed by atoms with Crippen LogP contribution in [0.4, 0.5) is 0 Å². The van der Waals surface area contributed by atoms with E-state index in [0.717, 1.165) is 38.8 Å². The van der Waals surface area contributed by atoms with Crippen LogP contribution in [0.2, 0.25) is 0 Å². The van der Waals surface area contributed by atoms with E-state index in [9.17, 15) is 14.4 Å². The van der Waals surface area contributed by atoms with E-state index in [-0.39, 0.29) is 42.5 Å². The SMILES string of the molecule is CCCCCCCCCCCCCCCC(=O)NCCCNCCCNC(=O)CCC(=O)N(CCCN=C(N)N)CCCN=C(N)N. The Hall–Kier alpha value is -3.09. The Morgan fingerprint density at radius 3 is 1.38 bits per heavy atom. The molecule has 0 unspecified atom stereocenters. The summed E-state index contributed by atoms with van der Waals surface area (Å²) < 4.78 is 0. The van der Waals surface area contributed by atoms with Crippen molar-refractivity contribution < 1.29 is 14.4 Å². The van der Waals surface area contributed by atoms with Crippen LogP contribution in [0.3, 0.4) is 0 Å². The number of hydrogen-bond donors (Lipinski definition) is 7. The largest absolute Gasteiger partial charge is 0.370 e. The van der Waals surface area contributed by atoms with E-state index >= 15 is 0 Å². The summed E-state index contributed by atoms with van der Waals surface area (Å²) in [5, 5.41) is 9.23. The molecule has 0 aromatic rings. The lowest BCUT2D eigenvalue weighted by atomic mass is 10.0. The van der Waals surface area contributed by atoms with Crippen molar-refractivity contribution in [1.29, 1.82) is 0 Å². The van der Waals surface area contributed by atoms with Crippen LogP contribution in [-0.4, -0.2) is 86.9 Å². The minimum Gasteiger partial charge on any atom is -0.370 e. The first-order valence-corrected chi connectivity index (χ1v) is 18.4. The van der Waals surface area contributed by atoms with Gasteiger partial charge in [-0.3, -0.25) is 24.4 Å². The highest BCUT2D eigenvalue weighted by molar-refractivity contribution is 5.83. The Morgan fingerprint density at radius 1 is 0.511 bits per heavy atom. The summed E-state index contributed by atoms with van der Waals surface area (Å²) >= 11 is 0. The fourth-order valence-corrected chi connectivity index (χ4v) is 5.17. The number of nitrogens with one attached hydrogen (secondary N) is 3. The first-order valence-electron chi connectivity index (χ1n) is 18.4. The molecular formula is C34H70N10O3. The molecule has 0 saturated heterocycles. The van der Waals surface area contributed by atoms with Crippen molar-refractivity contribution in [2.24, 2.45) is 32.9 Å². The van der Waals surface area contributed by atoms with Crippen LogP contribution < -0.4 is 38.9 Å². The molecule has 13 heteroatoms. The average molecular weight is 667 g/mol. The molecule has 0 aliphatic rings. The van der Waals surface area contributed by atoms with Gasteiger partial charge in [-0.05, 0) is 45.2 Å². The highest BCUT2D eigenvalue weighted by Crippen LogP contribution is 2.13. The van der Waals surface area contributed by atoms with Crippen LogP contribution in [-0.2, 0) is 14.4 Å². The number of rotatable bonds is 33.